The van der Waals surface area contributed by atoms with E-state index in [0.29, 0.717) is 17.9 Å². The minimum atomic E-state index is -0.0619. The normalized spacial score (nSPS) is 12.4. The maximum Gasteiger partial charge on any atom is 0.305 e. The predicted molar refractivity (Wildman–Crippen MR) is 72.0 cm³/mol. The van der Waals surface area contributed by atoms with Gasteiger partial charge in [-0.05, 0) is 26.2 Å². The van der Waals surface area contributed by atoms with Gasteiger partial charge in [-0.15, -0.1) is 0 Å². The molecule has 0 aliphatic rings. The van der Waals surface area contributed by atoms with Gasteiger partial charge in [0.05, 0.1) is 6.61 Å². The van der Waals surface area contributed by atoms with Gasteiger partial charge < -0.3 is 4.74 Å². The molecule has 0 spiro atoms. The number of hydrogen-bond donors (Lipinski definition) is 0. The van der Waals surface area contributed by atoms with Gasteiger partial charge in [-0.25, -0.2) is 0 Å². The summed E-state index contributed by atoms with van der Waals surface area (Å²) in [5.41, 5.74) is 0. The third kappa shape index (κ3) is 10.5. The highest BCUT2D eigenvalue weighted by molar-refractivity contribution is 9.09. The van der Waals surface area contributed by atoms with Gasteiger partial charge in [0.1, 0.15) is 0 Å². The molecule has 0 aliphatic carbocycles. The number of esters is 1. The zero-order valence-electron chi connectivity index (χ0n) is 10.6. The van der Waals surface area contributed by atoms with Crippen LogP contribution in [0.5, 0.6) is 0 Å². The Bertz CT molecular complexity index is 171. The van der Waals surface area contributed by atoms with E-state index in [-0.39, 0.29) is 5.97 Å². The first kappa shape index (κ1) is 16.0. The van der Waals surface area contributed by atoms with Crippen molar-refractivity contribution in [1.29, 1.82) is 0 Å². The van der Waals surface area contributed by atoms with E-state index in [9.17, 15) is 4.79 Å². The van der Waals surface area contributed by atoms with Gasteiger partial charge in [0.2, 0.25) is 0 Å². The smallest absolute Gasteiger partial charge is 0.305 e. The summed E-state index contributed by atoms with van der Waals surface area (Å²) in [7, 11) is 0. The predicted octanol–water partition coefficient (Wildman–Crippen LogP) is 4.45. The molecule has 0 aromatic rings. The van der Waals surface area contributed by atoms with Gasteiger partial charge in [-0.3, -0.25) is 4.79 Å². The van der Waals surface area contributed by atoms with Crippen LogP contribution in [0.4, 0.5) is 0 Å². The molecular formula is C13H25BrO2. The lowest BCUT2D eigenvalue weighted by Crippen LogP contribution is -2.05. The fourth-order valence-electron chi connectivity index (χ4n) is 1.64. The van der Waals surface area contributed by atoms with Crippen molar-refractivity contribution in [1.82, 2.24) is 0 Å². The lowest BCUT2D eigenvalue weighted by molar-refractivity contribution is -0.143. The van der Waals surface area contributed by atoms with Crippen molar-refractivity contribution >= 4 is 21.9 Å². The third-order valence-electron chi connectivity index (χ3n) is 2.57. The number of halogens is 1. The standard InChI is InChI=1S/C13H25BrO2/c1-3-5-6-7-9-12(14)10-8-11-13(15)16-4-2/h12H,3-11H2,1-2H3. The van der Waals surface area contributed by atoms with Crippen LogP contribution in [0.1, 0.15) is 65.2 Å². The lowest BCUT2D eigenvalue weighted by Gasteiger charge is -2.08. The summed E-state index contributed by atoms with van der Waals surface area (Å²) in [5, 5.41) is 0. The molecule has 1 atom stereocenters. The SMILES string of the molecule is CCCCCCC(Br)CCCC(=O)OCC. The van der Waals surface area contributed by atoms with E-state index in [2.05, 4.69) is 22.9 Å². The quantitative estimate of drug-likeness (QED) is 0.338. The number of alkyl halides is 1. The van der Waals surface area contributed by atoms with Crippen LogP contribution in [-0.2, 0) is 9.53 Å². The lowest BCUT2D eigenvalue weighted by atomic mass is 10.1. The van der Waals surface area contributed by atoms with E-state index in [1.165, 1.54) is 32.1 Å². The number of hydrogen-bond acceptors (Lipinski definition) is 2. The van der Waals surface area contributed by atoms with Crippen molar-refractivity contribution in [2.75, 3.05) is 6.61 Å². The van der Waals surface area contributed by atoms with E-state index in [0.717, 1.165) is 12.8 Å². The Morgan fingerprint density at radius 2 is 1.81 bits per heavy atom. The number of ether oxygens (including phenoxy) is 1. The Morgan fingerprint density at radius 3 is 2.44 bits per heavy atom. The zero-order valence-corrected chi connectivity index (χ0v) is 12.2. The van der Waals surface area contributed by atoms with Crippen molar-refractivity contribution in [3.05, 3.63) is 0 Å². The maximum atomic E-state index is 11.1. The van der Waals surface area contributed by atoms with Crippen molar-refractivity contribution in [2.24, 2.45) is 0 Å². The summed E-state index contributed by atoms with van der Waals surface area (Å²) in [6, 6.07) is 0. The summed E-state index contributed by atoms with van der Waals surface area (Å²) >= 11 is 3.67. The molecule has 0 amide bonds. The maximum absolute atomic E-state index is 11.1. The summed E-state index contributed by atoms with van der Waals surface area (Å²) in [6.07, 6.45) is 9.04. The van der Waals surface area contributed by atoms with Crippen molar-refractivity contribution in [2.45, 2.75) is 70.0 Å². The average molecular weight is 293 g/mol. The van der Waals surface area contributed by atoms with Gasteiger partial charge in [0.15, 0.2) is 0 Å². The molecule has 0 radical (unpaired) electrons. The number of unbranched alkanes of at least 4 members (excludes halogenated alkanes) is 3. The first-order valence-corrected chi connectivity index (χ1v) is 7.42. The van der Waals surface area contributed by atoms with E-state index >= 15 is 0 Å². The molecule has 2 nitrogen and oxygen atoms in total. The molecule has 1 unspecified atom stereocenters. The molecule has 96 valence electrons. The number of rotatable bonds is 10. The highest BCUT2D eigenvalue weighted by Crippen LogP contribution is 2.17. The molecule has 0 aromatic heterocycles. The summed E-state index contributed by atoms with van der Waals surface area (Å²) in [5.74, 6) is -0.0619. The highest BCUT2D eigenvalue weighted by atomic mass is 79.9. The van der Waals surface area contributed by atoms with E-state index < -0.39 is 0 Å². The highest BCUT2D eigenvalue weighted by Gasteiger charge is 2.06. The van der Waals surface area contributed by atoms with E-state index in [1.807, 2.05) is 6.92 Å². The zero-order chi connectivity index (χ0) is 12.2. The van der Waals surface area contributed by atoms with Gasteiger partial charge in [0.25, 0.3) is 0 Å². The van der Waals surface area contributed by atoms with Crippen LogP contribution in [0.3, 0.4) is 0 Å². The Labute approximate surface area is 108 Å². The second kappa shape index (κ2) is 11.4. The van der Waals surface area contributed by atoms with Crippen molar-refractivity contribution in [3.63, 3.8) is 0 Å². The molecular weight excluding hydrogens is 268 g/mol. The van der Waals surface area contributed by atoms with Gasteiger partial charge >= 0.3 is 5.97 Å². The Morgan fingerprint density at radius 1 is 1.12 bits per heavy atom. The first-order valence-electron chi connectivity index (χ1n) is 6.50. The molecule has 0 bridgehead atoms. The van der Waals surface area contributed by atoms with Crippen LogP contribution in [0, 0.1) is 0 Å². The van der Waals surface area contributed by atoms with Crippen LogP contribution in [0.15, 0.2) is 0 Å². The van der Waals surface area contributed by atoms with Crippen molar-refractivity contribution < 1.29 is 9.53 Å². The molecule has 0 N–H and O–H groups in total. The topological polar surface area (TPSA) is 26.3 Å². The van der Waals surface area contributed by atoms with Crippen LogP contribution in [0.2, 0.25) is 0 Å². The van der Waals surface area contributed by atoms with Crippen molar-refractivity contribution in [3.8, 4) is 0 Å². The summed E-state index contributed by atoms with van der Waals surface area (Å²) in [4.78, 5) is 11.7. The Hall–Kier alpha value is -0.0500. The van der Waals surface area contributed by atoms with Crippen LogP contribution in [0.25, 0.3) is 0 Å². The summed E-state index contributed by atoms with van der Waals surface area (Å²) < 4.78 is 4.88. The average Bonchev–Trinajstić information content (AvgIpc) is 2.25. The minimum Gasteiger partial charge on any atom is -0.466 e. The molecule has 0 heterocycles. The molecule has 0 saturated heterocycles. The molecule has 0 aromatic carbocycles. The van der Waals surface area contributed by atoms with Gasteiger partial charge in [-0.1, -0.05) is 48.5 Å². The Kier molecular flexibility index (Phi) is 11.4. The van der Waals surface area contributed by atoms with E-state index in [1.54, 1.807) is 0 Å². The monoisotopic (exact) mass is 292 g/mol. The molecule has 16 heavy (non-hydrogen) atoms. The second-order valence-electron chi connectivity index (χ2n) is 4.14. The minimum absolute atomic E-state index is 0.0619. The van der Waals surface area contributed by atoms with Crippen LogP contribution < -0.4 is 0 Å². The molecule has 0 fully saturated rings. The molecule has 0 saturated carbocycles. The number of carbonyl (C=O) groups excluding carboxylic acids is 1. The van der Waals surface area contributed by atoms with E-state index in [4.69, 9.17) is 4.74 Å². The van der Waals surface area contributed by atoms with Crippen LogP contribution >= 0.6 is 15.9 Å². The molecule has 0 aliphatic heterocycles. The van der Waals surface area contributed by atoms with Crippen LogP contribution in [-0.4, -0.2) is 17.4 Å². The molecule has 0 rings (SSSR count). The fourth-order valence-corrected chi connectivity index (χ4v) is 2.29. The summed E-state index contributed by atoms with van der Waals surface area (Å²) in [6.45, 7) is 4.57. The van der Waals surface area contributed by atoms with Gasteiger partial charge in [-0.2, -0.15) is 0 Å². The van der Waals surface area contributed by atoms with Gasteiger partial charge in [0, 0.05) is 11.2 Å². The fraction of sp³-hybridized carbons (Fsp3) is 0.923. The second-order valence-corrected chi connectivity index (χ2v) is 5.44. The first-order chi connectivity index (χ1) is 7.70. The number of carbonyl (C=O) groups is 1. The third-order valence-corrected chi connectivity index (χ3v) is 3.49. The largest absolute Gasteiger partial charge is 0.466 e. The Balaban J connectivity index is 3.29. The molecule has 3 heteroatoms.